The van der Waals surface area contributed by atoms with Crippen LogP contribution < -0.4 is 0 Å². The second kappa shape index (κ2) is 14.8. The number of carbonyl (C=O) groups is 2. The number of rotatable bonds is 20. The van der Waals surface area contributed by atoms with Gasteiger partial charge < -0.3 is 23.7 Å². The van der Waals surface area contributed by atoms with Crippen LogP contribution in [-0.2, 0) is 33.3 Å². The molecule has 0 radical (unpaired) electrons. The number of hydrogen-bond acceptors (Lipinski definition) is 7. The van der Waals surface area contributed by atoms with Crippen LogP contribution in [0.3, 0.4) is 0 Å². The topological polar surface area (TPSA) is 90.2 Å². The number of fused-ring (bicyclic) bond motifs is 1. The van der Waals surface area contributed by atoms with Gasteiger partial charge >= 0.3 is 11.9 Å². The minimum absolute atomic E-state index is 0.0865. The third-order valence-electron chi connectivity index (χ3n) is 8.60. The minimum Gasteiger partial charge on any atom is -0.465 e. The molecule has 4 fully saturated rings. The van der Waals surface area contributed by atoms with E-state index >= 15 is 0 Å². The van der Waals surface area contributed by atoms with Crippen LogP contribution in [-0.4, -0.2) is 61.8 Å². The Balaban J connectivity index is 1.08. The van der Waals surface area contributed by atoms with Gasteiger partial charge in [-0.25, -0.2) is 0 Å². The molecule has 4 rings (SSSR count). The molecule has 0 N–H and O–H groups in total. The zero-order valence-corrected chi connectivity index (χ0v) is 23.2. The summed E-state index contributed by atoms with van der Waals surface area (Å²) in [6.07, 6.45) is 18.7. The largest absolute Gasteiger partial charge is 0.465 e. The number of epoxide rings is 3. The standard InChI is InChI=1S/C30H50O7/c1-3-5-7-9-11-13-23-25(35-23)15-17-33-29(31)21-19-27-28(37-27)20-22(21)30(32)34-18-16-26-24(36-26)14-12-10-8-6-4-2/h21-28H,3-20H2,1-2H3. The molecular weight excluding hydrogens is 472 g/mol. The van der Waals surface area contributed by atoms with Crippen molar-refractivity contribution in [3.05, 3.63) is 0 Å². The SMILES string of the molecule is CCCCCCCC1OC1CCOC(=O)C1CC2OC2CC1C(=O)OCCC1OC1CCCCCCC. The Bertz CT molecular complexity index is 654. The molecule has 0 bridgehead atoms. The molecule has 0 aromatic heterocycles. The van der Waals surface area contributed by atoms with Gasteiger partial charge in [-0.05, 0) is 25.7 Å². The van der Waals surface area contributed by atoms with Crippen LogP contribution in [0.2, 0.25) is 0 Å². The molecule has 0 aromatic rings. The van der Waals surface area contributed by atoms with E-state index in [0.29, 0.717) is 38.3 Å². The first-order valence-corrected chi connectivity index (χ1v) is 15.4. The van der Waals surface area contributed by atoms with E-state index in [1.54, 1.807) is 0 Å². The van der Waals surface area contributed by atoms with Crippen LogP contribution in [0.15, 0.2) is 0 Å². The summed E-state index contributed by atoms with van der Waals surface area (Å²) in [5.74, 6) is -1.53. The fraction of sp³-hybridized carbons (Fsp3) is 0.933. The van der Waals surface area contributed by atoms with Gasteiger partial charge in [-0.15, -0.1) is 0 Å². The highest BCUT2D eigenvalue weighted by Gasteiger charge is 2.53. The smallest absolute Gasteiger partial charge is 0.309 e. The lowest BCUT2D eigenvalue weighted by molar-refractivity contribution is -0.162. The summed E-state index contributed by atoms with van der Waals surface area (Å²) in [7, 11) is 0. The third kappa shape index (κ3) is 9.50. The minimum atomic E-state index is -0.473. The molecule has 0 aromatic carbocycles. The van der Waals surface area contributed by atoms with Gasteiger partial charge in [0.2, 0.25) is 0 Å². The highest BCUT2D eigenvalue weighted by atomic mass is 16.6. The van der Waals surface area contributed by atoms with Gasteiger partial charge in [0.1, 0.15) is 0 Å². The monoisotopic (exact) mass is 522 g/mol. The highest BCUT2D eigenvalue weighted by Crippen LogP contribution is 2.44. The fourth-order valence-electron chi connectivity index (χ4n) is 5.98. The highest BCUT2D eigenvalue weighted by molar-refractivity contribution is 5.82. The first-order valence-electron chi connectivity index (χ1n) is 15.4. The molecule has 8 atom stereocenters. The molecule has 1 saturated carbocycles. The first kappa shape index (κ1) is 28.8. The van der Waals surface area contributed by atoms with Crippen LogP contribution in [0, 0.1) is 11.8 Å². The maximum Gasteiger partial charge on any atom is 0.309 e. The van der Waals surface area contributed by atoms with Crippen molar-refractivity contribution in [1.29, 1.82) is 0 Å². The average molecular weight is 523 g/mol. The maximum atomic E-state index is 12.9. The van der Waals surface area contributed by atoms with Crippen molar-refractivity contribution in [2.45, 2.75) is 153 Å². The molecule has 3 heterocycles. The van der Waals surface area contributed by atoms with Crippen molar-refractivity contribution in [3.63, 3.8) is 0 Å². The second-order valence-electron chi connectivity index (χ2n) is 11.6. The van der Waals surface area contributed by atoms with E-state index in [-0.39, 0.29) is 36.4 Å². The maximum absolute atomic E-state index is 12.9. The van der Waals surface area contributed by atoms with Gasteiger partial charge in [0.05, 0.1) is 61.7 Å². The second-order valence-corrected chi connectivity index (χ2v) is 11.6. The Morgan fingerprint density at radius 1 is 0.568 bits per heavy atom. The van der Waals surface area contributed by atoms with E-state index < -0.39 is 11.8 Å². The molecule has 37 heavy (non-hydrogen) atoms. The molecule has 3 aliphatic heterocycles. The summed E-state index contributed by atoms with van der Waals surface area (Å²) in [6.45, 7) is 5.15. The Hall–Kier alpha value is -1.18. The summed E-state index contributed by atoms with van der Waals surface area (Å²) >= 11 is 0. The van der Waals surface area contributed by atoms with Gasteiger partial charge in [0, 0.05) is 12.8 Å². The predicted octanol–water partition coefficient (Wildman–Crippen LogP) is 5.90. The van der Waals surface area contributed by atoms with Gasteiger partial charge in [0.15, 0.2) is 0 Å². The van der Waals surface area contributed by atoms with E-state index in [9.17, 15) is 9.59 Å². The molecule has 0 amide bonds. The number of hydrogen-bond donors (Lipinski definition) is 0. The average Bonchev–Trinajstić information content (AvgIpc) is 3.79. The quantitative estimate of drug-likeness (QED) is 0.112. The number of carbonyl (C=O) groups excluding carboxylic acids is 2. The molecular formula is C30H50O7. The van der Waals surface area contributed by atoms with E-state index in [1.807, 2.05) is 0 Å². The molecule has 7 nitrogen and oxygen atoms in total. The predicted molar refractivity (Wildman–Crippen MR) is 140 cm³/mol. The Labute approximate surface area is 223 Å². The van der Waals surface area contributed by atoms with E-state index in [4.69, 9.17) is 23.7 Å². The van der Waals surface area contributed by atoms with E-state index in [1.165, 1.54) is 64.2 Å². The summed E-state index contributed by atoms with van der Waals surface area (Å²) in [5.41, 5.74) is 0. The van der Waals surface area contributed by atoms with Crippen LogP contribution >= 0.6 is 0 Å². The molecule has 212 valence electrons. The third-order valence-corrected chi connectivity index (χ3v) is 8.60. The normalized spacial score (nSPS) is 33.5. The molecule has 8 unspecified atom stereocenters. The number of unbranched alkanes of at least 4 members (excludes halogenated alkanes) is 8. The Morgan fingerprint density at radius 2 is 0.973 bits per heavy atom. The summed E-state index contributed by atoms with van der Waals surface area (Å²) in [5, 5.41) is 0. The van der Waals surface area contributed by atoms with Gasteiger partial charge in [0.25, 0.3) is 0 Å². The Kier molecular flexibility index (Phi) is 11.6. The molecule has 4 aliphatic rings. The van der Waals surface area contributed by atoms with Crippen molar-refractivity contribution < 1.29 is 33.3 Å². The van der Waals surface area contributed by atoms with E-state index in [2.05, 4.69) is 13.8 Å². The lowest BCUT2D eigenvalue weighted by Crippen LogP contribution is -2.38. The van der Waals surface area contributed by atoms with Crippen LogP contribution in [0.4, 0.5) is 0 Å². The summed E-state index contributed by atoms with van der Waals surface area (Å²) in [4.78, 5) is 25.8. The zero-order valence-electron chi connectivity index (χ0n) is 23.2. The zero-order chi connectivity index (χ0) is 26.0. The van der Waals surface area contributed by atoms with Crippen molar-refractivity contribution >= 4 is 11.9 Å². The van der Waals surface area contributed by atoms with Crippen LogP contribution in [0.1, 0.15) is 117 Å². The number of ether oxygens (including phenoxy) is 5. The van der Waals surface area contributed by atoms with Gasteiger partial charge in [-0.2, -0.15) is 0 Å². The lowest BCUT2D eigenvalue weighted by Gasteiger charge is -2.26. The summed E-state index contributed by atoms with van der Waals surface area (Å²) < 4.78 is 28.4. The number of esters is 2. The fourth-order valence-corrected chi connectivity index (χ4v) is 5.98. The molecule has 7 heteroatoms. The van der Waals surface area contributed by atoms with Gasteiger partial charge in [-0.3, -0.25) is 9.59 Å². The molecule has 1 aliphatic carbocycles. The molecule has 0 spiro atoms. The van der Waals surface area contributed by atoms with Gasteiger partial charge in [-0.1, -0.05) is 78.1 Å². The van der Waals surface area contributed by atoms with Crippen molar-refractivity contribution in [3.8, 4) is 0 Å². The lowest BCUT2D eigenvalue weighted by atomic mass is 9.79. The van der Waals surface area contributed by atoms with Crippen LogP contribution in [0.25, 0.3) is 0 Å². The van der Waals surface area contributed by atoms with Crippen LogP contribution in [0.5, 0.6) is 0 Å². The van der Waals surface area contributed by atoms with Crippen molar-refractivity contribution in [2.75, 3.05) is 13.2 Å². The van der Waals surface area contributed by atoms with Crippen molar-refractivity contribution in [2.24, 2.45) is 11.8 Å². The summed E-state index contributed by atoms with van der Waals surface area (Å²) in [6, 6.07) is 0. The van der Waals surface area contributed by atoms with E-state index in [0.717, 1.165) is 25.7 Å². The van der Waals surface area contributed by atoms with Crippen molar-refractivity contribution in [1.82, 2.24) is 0 Å². The molecule has 3 saturated heterocycles. The first-order chi connectivity index (χ1) is 18.1. The Morgan fingerprint density at radius 3 is 1.41 bits per heavy atom.